The molecule has 0 spiro atoms. The van der Waals surface area contributed by atoms with Crippen molar-refractivity contribution >= 4 is 0 Å². The Morgan fingerprint density at radius 1 is 0.704 bits per heavy atom. The highest BCUT2D eigenvalue weighted by Gasteiger charge is 2.15. The van der Waals surface area contributed by atoms with E-state index in [-0.39, 0.29) is 34.9 Å². The summed E-state index contributed by atoms with van der Waals surface area (Å²) in [6, 6.07) is 0.554. The van der Waals surface area contributed by atoms with E-state index >= 15 is 0 Å². The van der Waals surface area contributed by atoms with Crippen molar-refractivity contribution in [3.8, 4) is 0 Å². The second-order valence-electron chi connectivity index (χ2n) is 5.24. The predicted molar refractivity (Wildman–Crippen MR) is 109 cm³/mol. The van der Waals surface area contributed by atoms with Crippen LogP contribution in [-0.2, 0) is 0 Å². The lowest BCUT2D eigenvalue weighted by atomic mass is 10.2. The number of nitrogens with zero attached hydrogens (tertiary/aromatic N) is 1. The molecule has 1 fully saturated rings. The number of hydrogen-bond donors (Lipinski definition) is 14. The van der Waals surface area contributed by atoms with Crippen molar-refractivity contribution in [2.75, 3.05) is 19.6 Å². The quantitative estimate of drug-likeness (QED) is 0.184. The zero-order valence-electron chi connectivity index (χ0n) is 15.9. The summed E-state index contributed by atoms with van der Waals surface area (Å²) in [6.07, 6.45) is 1.14. The Hall–Kier alpha value is -3.30. The fraction of sp³-hybridized carbons (Fsp3) is 0.500. The molecule has 0 saturated carbocycles. The van der Waals surface area contributed by atoms with Crippen LogP contribution >= 0.6 is 0 Å². The van der Waals surface area contributed by atoms with Crippen LogP contribution in [0.5, 0.6) is 0 Å². The minimum Gasteiger partial charge on any atom is -0.383 e. The Balaban J connectivity index is -0.000000291. The van der Waals surface area contributed by atoms with Gasteiger partial charge in [0.15, 0.2) is 0 Å². The number of nitrogens with one attached hydrogen (secondary N) is 1. The van der Waals surface area contributed by atoms with Crippen LogP contribution in [0.4, 0.5) is 0 Å². The Labute approximate surface area is 159 Å². The van der Waals surface area contributed by atoms with E-state index in [1.54, 1.807) is 0 Å². The van der Waals surface area contributed by atoms with Gasteiger partial charge in [-0.2, -0.15) is 0 Å². The first-order valence-electron chi connectivity index (χ1n) is 7.78. The fourth-order valence-electron chi connectivity index (χ4n) is 1.16. The molecule has 15 nitrogen and oxygen atoms in total. The van der Waals surface area contributed by atoms with Crippen molar-refractivity contribution in [3.63, 3.8) is 0 Å². The van der Waals surface area contributed by atoms with Gasteiger partial charge in [-0.05, 0) is 6.42 Å². The minimum absolute atomic E-state index is 0.0185. The normalized spacial score (nSPS) is 15.1. The van der Waals surface area contributed by atoms with Gasteiger partial charge in [0.1, 0.15) is 34.9 Å². The summed E-state index contributed by atoms with van der Waals surface area (Å²) in [5.74, 6) is 5.57. The topological polar surface area (TPSA) is 354 Å². The molecule has 1 aliphatic rings. The lowest BCUT2D eigenvalue weighted by Gasteiger charge is -2.31. The fourth-order valence-corrected chi connectivity index (χ4v) is 1.16. The Bertz CT molecular complexity index is 377. The zero-order valence-corrected chi connectivity index (χ0v) is 15.9. The molecule has 1 atom stereocenters. The first-order valence-corrected chi connectivity index (χ1v) is 7.78. The van der Waals surface area contributed by atoms with Crippen LogP contribution in [0.25, 0.3) is 0 Å². The highest BCUT2D eigenvalue weighted by molar-refractivity contribution is 4.97. The van der Waals surface area contributed by atoms with Gasteiger partial charge in [0.25, 0.3) is 0 Å². The van der Waals surface area contributed by atoms with E-state index < -0.39 is 0 Å². The summed E-state index contributed by atoms with van der Waals surface area (Å²) in [7, 11) is 0. The number of nitrogens with two attached hydrogens (primary N) is 13. The molecule has 0 aromatic carbocycles. The Morgan fingerprint density at radius 2 is 1.00 bits per heavy atom. The van der Waals surface area contributed by atoms with Gasteiger partial charge in [-0.25, -0.2) is 5.01 Å². The van der Waals surface area contributed by atoms with Crippen LogP contribution in [0.2, 0.25) is 0 Å². The summed E-state index contributed by atoms with van der Waals surface area (Å²) < 4.78 is 0. The van der Waals surface area contributed by atoms with Gasteiger partial charge in [-0.15, -0.1) is 0 Å². The standard InChI is InChI=1S/C6H15N3.3C2H8N4/c1-2-6-5-8-3-4-9(6)7;3*3-1(4)2(5)6/h6,8H,2-5,7H2,1H3;3*3-6H2. The van der Waals surface area contributed by atoms with E-state index in [0.717, 1.165) is 26.1 Å². The maximum absolute atomic E-state index is 5.68. The summed E-state index contributed by atoms with van der Waals surface area (Å²) in [4.78, 5) is 0. The zero-order chi connectivity index (χ0) is 22.2. The molecule has 0 amide bonds. The third-order valence-corrected chi connectivity index (χ3v) is 2.87. The van der Waals surface area contributed by atoms with Gasteiger partial charge in [0.05, 0.1) is 0 Å². The molecule has 1 unspecified atom stereocenters. The smallest absolute Gasteiger partial charge is 0.134 e. The van der Waals surface area contributed by atoms with E-state index in [4.69, 9.17) is 74.6 Å². The van der Waals surface area contributed by atoms with Gasteiger partial charge in [-0.3, -0.25) is 5.84 Å². The van der Waals surface area contributed by atoms with E-state index in [1.807, 2.05) is 5.01 Å². The van der Waals surface area contributed by atoms with Gasteiger partial charge in [0, 0.05) is 25.7 Å². The predicted octanol–water partition coefficient (Wildman–Crippen LogP) is -6.61. The first kappa shape index (κ1) is 28.5. The van der Waals surface area contributed by atoms with Crippen molar-refractivity contribution in [1.29, 1.82) is 0 Å². The van der Waals surface area contributed by atoms with Crippen molar-refractivity contribution < 1.29 is 0 Å². The molecule has 1 aliphatic heterocycles. The lowest BCUT2D eigenvalue weighted by Crippen LogP contribution is -2.54. The molecule has 0 aliphatic carbocycles. The molecule has 162 valence electrons. The first-order chi connectivity index (χ1) is 12.3. The minimum atomic E-state index is -0.0185. The van der Waals surface area contributed by atoms with Crippen molar-refractivity contribution in [2.45, 2.75) is 19.4 Å². The number of piperazine rings is 1. The molecule has 1 heterocycles. The molecular formula is C12H39N15. The molecule has 0 bridgehead atoms. The van der Waals surface area contributed by atoms with Crippen LogP contribution in [0, 0.1) is 0 Å². The molecule has 0 radical (unpaired) electrons. The van der Waals surface area contributed by atoms with E-state index in [0.29, 0.717) is 6.04 Å². The molecule has 27 heavy (non-hydrogen) atoms. The molecule has 1 saturated heterocycles. The van der Waals surface area contributed by atoms with Gasteiger partial charge < -0.3 is 74.1 Å². The molecule has 0 aromatic rings. The average Bonchev–Trinajstić information content (AvgIpc) is 2.56. The molecule has 15 heteroatoms. The van der Waals surface area contributed by atoms with Crippen molar-refractivity contribution in [3.05, 3.63) is 34.9 Å². The molecular weight excluding hydrogens is 354 g/mol. The summed E-state index contributed by atoms with van der Waals surface area (Å²) in [5, 5.41) is 5.22. The van der Waals surface area contributed by atoms with Crippen LogP contribution in [0.3, 0.4) is 0 Å². The monoisotopic (exact) mass is 393 g/mol. The number of hydrazine groups is 1. The highest BCUT2D eigenvalue weighted by atomic mass is 15.4. The lowest BCUT2D eigenvalue weighted by molar-refractivity contribution is 0.160. The van der Waals surface area contributed by atoms with E-state index in [2.05, 4.69) is 12.2 Å². The molecule has 27 N–H and O–H groups in total. The van der Waals surface area contributed by atoms with Gasteiger partial charge in [0.2, 0.25) is 0 Å². The van der Waals surface area contributed by atoms with Crippen molar-refractivity contribution in [2.24, 2.45) is 74.6 Å². The summed E-state index contributed by atoms with van der Waals surface area (Å²) >= 11 is 0. The summed E-state index contributed by atoms with van der Waals surface area (Å²) in [5.41, 5.74) is 58.1. The second-order valence-corrected chi connectivity index (χ2v) is 5.24. The number of rotatable bonds is 1. The number of hydrogen-bond acceptors (Lipinski definition) is 15. The van der Waals surface area contributed by atoms with Crippen LogP contribution in [-0.4, -0.2) is 30.7 Å². The SMILES string of the molecule is CCC1CNCCN1N.NC(N)=C(N)N.NC(N)=C(N)N.NC(N)=C(N)N. The van der Waals surface area contributed by atoms with Gasteiger partial charge in [-0.1, -0.05) is 6.92 Å². The van der Waals surface area contributed by atoms with Gasteiger partial charge >= 0.3 is 0 Å². The molecule has 1 rings (SSSR count). The third-order valence-electron chi connectivity index (χ3n) is 2.87. The summed E-state index contributed by atoms with van der Waals surface area (Å²) in [6.45, 7) is 5.23. The largest absolute Gasteiger partial charge is 0.383 e. The Morgan fingerprint density at radius 3 is 1.15 bits per heavy atom. The Kier molecular flexibility index (Phi) is 17.1. The maximum Gasteiger partial charge on any atom is 0.134 e. The molecule has 0 aromatic heterocycles. The second kappa shape index (κ2) is 16.2. The van der Waals surface area contributed by atoms with E-state index in [1.165, 1.54) is 0 Å². The maximum atomic E-state index is 5.68. The van der Waals surface area contributed by atoms with Crippen LogP contribution < -0.4 is 80.0 Å². The van der Waals surface area contributed by atoms with E-state index in [9.17, 15) is 0 Å². The van der Waals surface area contributed by atoms with Crippen LogP contribution in [0.1, 0.15) is 13.3 Å². The third kappa shape index (κ3) is 20.7. The average molecular weight is 394 g/mol. The van der Waals surface area contributed by atoms with Crippen molar-refractivity contribution in [1.82, 2.24) is 10.3 Å². The highest BCUT2D eigenvalue weighted by Crippen LogP contribution is 1.99. The van der Waals surface area contributed by atoms with Crippen LogP contribution in [0.15, 0.2) is 34.9 Å².